The molecule has 3 N–H and O–H groups in total. The fraction of sp³-hybridized carbons (Fsp3) is 0.533. The van der Waals surface area contributed by atoms with E-state index in [0.29, 0.717) is 12.7 Å². The van der Waals surface area contributed by atoms with Crippen LogP contribution in [-0.2, 0) is 11.3 Å². The van der Waals surface area contributed by atoms with Gasteiger partial charge in [0, 0.05) is 5.56 Å². The summed E-state index contributed by atoms with van der Waals surface area (Å²) in [6, 6.07) is 5.88. The van der Waals surface area contributed by atoms with Gasteiger partial charge in [0.2, 0.25) is 0 Å². The van der Waals surface area contributed by atoms with Gasteiger partial charge in [-0.3, -0.25) is 5.41 Å². The van der Waals surface area contributed by atoms with E-state index in [1.807, 2.05) is 25.1 Å². The van der Waals surface area contributed by atoms with Crippen LogP contribution in [-0.4, -0.2) is 11.9 Å². The van der Waals surface area contributed by atoms with Crippen LogP contribution < -0.4 is 5.73 Å². The number of nitrogens with one attached hydrogen (secondary N) is 1. The summed E-state index contributed by atoms with van der Waals surface area (Å²) in [6.45, 7) is 2.72. The molecule has 3 heteroatoms. The zero-order valence-corrected chi connectivity index (χ0v) is 11.0. The highest BCUT2D eigenvalue weighted by molar-refractivity contribution is 5.95. The van der Waals surface area contributed by atoms with Crippen LogP contribution in [0.1, 0.15) is 48.8 Å². The van der Waals surface area contributed by atoms with Crippen molar-refractivity contribution in [1.82, 2.24) is 0 Å². The van der Waals surface area contributed by atoms with Crippen molar-refractivity contribution in [3.8, 4) is 0 Å². The average molecular weight is 246 g/mol. The minimum absolute atomic E-state index is 0.123. The lowest BCUT2D eigenvalue weighted by molar-refractivity contribution is 0.0166. The number of hydrogen-bond acceptors (Lipinski definition) is 2. The Kier molecular flexibility index (Phi) is 4.37. The van der Waals surface area contributed by atoms with Crippen molar-refractivity contribution in [1.29, 1.82) is 5.41 Å². The lowest BCUT2D eigenvalue weighted by atomic mass is 9.97. The van der Waals surface area contributed by atoms with Crippen molar-refractivity contribution in [3.63, 3.8) is 0 Å². The van der Waals surface area contributed by atoms with Gasteiger partial charge < -0.3 is 10.5 Å². The van der Waals surface area contributed by atoms with E-state index < -0.39 is 0 Å². The van der Waals surface area contributed by atoms with Gasteiger partial charge in [-0.25, -0.2) is 0 Å². The number of aryl methyl sites for hydroxylation is 1. The van der Waals surface area contributed by atoms with E-state index in [-0.39, 0.29) is 5.84 Å². The van der Waals surface area contributed by atoms with E-state index in [9.17, 15) is 0 Å². The van der Waals surface area contributed by atoms with Gasteiger partial charge in [0.15, 0.2) is 0 Å². The van der Waals surface area contributed by atoms with Gasteiger partial charge in [-0.15, -0.1) is 0 Å². The summed E-state index contributed by atoms with van der Waals surface area (Å²) < 4.78 is 5.97. The van der Waals surface area contributed by atoms with E-state index in [1.165, 1.54) is 37.7 Å². The molecule has 0 bridgehead atoms. The van der Waals surface area contributed by atoms with Gasteiger partial charge in [0.1, 0.15) is 5.84 Å². The third-order valence-corrected chi connectivity index (χ3v) is 3.68. The summed E-state index contributed by atoms with van der Waals surface area (Å²) in [5, 5.41) is 7.41. The first-order chi connectivity index (χ1) is 8.66. The molecule has 0 spiro atoms. The van der Waals surface area contributed by atoms with Crippen molar-refractivity contribution >= 4 is 5.84 Å². The number of amidine groups is 1. The van der Waals surface area contributed by atoms with Crippen LogP contribution in [0.25, 0.3) is 0 Å². The number of ether oxygens (including phenoxy) is 1. The molecule has 1 saturated carbocycles. The Morgan fingerprint density at radius 1 is 1.33 bits per heavy atom. The Hall–Kier alpha value is -1.35. The zero-order valence-electron chi connectivity index (χ0n) is 11.0. The highest BCUT2D eigenvalue weighted by atomic mass is 16.5. The van der Waals surface area contributed by atoms with Gasteiger partial charge >= 0.3 is 0 Å². The minimum atomic E-state index is 0.123. The fourth-order valence-electron chi connectivity index (χ4n) is 2.46. The Labute approximate surface area is 109 Å². The average Bonchev–Trinajstić information content (AvgIpc) is 2.38. The normalized spacial score (nSPS) is 16.7. The van der Waals surface area contributed by atoms with Crippen molar-refractivity contribution in [2.45, 2.75) is 51.7 Å². The van der Waals surface area contributed by atoms with Gasteiger partial charge in [0.05, 0.1) is 12.7 Å². The minimum Gasteiger partial charge on any atom is -0.384 e. The maximum atomic E-state index is 7.41. The molecule has 0 saturated heterocycles. The van der Waals surface area contributed by atoms with E-state index in [1.54, 1.807) is 0 Å². The predicted octanol–water partition coefficient (Wildman–Crippen LogP) is 3.13. The summed E-state index contributed by atoms with van der Waals surface area (Å²) in [5.74, 6) is 0.123. The summed E-state index contributed by atoms with van der Waals surface area (Å²) in [6.07, 6.45) is 6.78. The first-order valence-corrected chi connectivity index (χ1v) is 6.72. The summed E-state index contributed by atoms with van der Waals surface area (Å²) in [4.78, 5) is 0. The van der Waals surface area contributed by atoms with Crippen LogP contribution in [0.4, 0.5) is 0 Å². The van der Waals surface area contributed by atoms with E-state index >= 15 is 0 Å². The highest BCUT2D eigenvalue weighted by Gasteiger charge is 2.14. The third-order valence-electron chi connectivity index (χ3n) is 3.68. The second-order valence-electron chi connectivity index (χ2n) is 5.13. The molecule has 0 aliphatic heterocycles. The van der Waals surface area contributed by atoms with Crippen LogP contribution in [0, 0.1) is 12.3 Å². The number of nitrogens with two attached hydrogens (primary N) is 1. The first-order valence-electron chi connectivity index (χ1n) is 6.72. The highest BCUT2D eigenvalue weighted by Crippen LogP contribution is 2.22. The number of benzene rings is 1. The maximum Gasteiger partial charge on any atom is 0.122 e. The lowest BCUT2D eigenvalue weighted by Crippen LogP contribution is -2.17. The lowest BCUT2D eigenvalue weighted by Gasteiger charge is -2.22. The van der Waals surface area contributed by atoms with Gasteiger partial charge in [-0.2, -0.15) is 0 Å². The second-order valence-corrected chi connectivity index (χ2v) is 5.13. The molecule has 0 aromatic heterocycles. The molecule has 3 nitrogen and oxygen atoms in total. The van der Waals surface area contributed by atoms with Crippen molar-refractivity contribution in [2.24, 2.45) is 5.73 Å². The van der Waals surface area contributed by atoms with E-state index in [2.05, 4.69) is 0 Å². The zero-order chi connectivity index (χ0) is 13.0. The number of hydrogen-bond donors (Lipinski definition) is 2. The molecule has 2 rings (SSSR count). The van der Waals surface area contributed by atoms with Crippen LogP contribution in [0.3, 0.4) is 0 Å². The molecule has 0 heterocycles. The fourth-order valence-corrected chi connectivity index (χ4v) is 2.46. The smallest absolute Gasteiger partial charge is 0.122 e. The van der Waals surface area contributed by atoms with Gasteiger partial charge in [0.25, 0.3) is 0 Å². The van der Waals surface area contributed by atoms with Gasteiger partial charge in [-0.05, 0) is 37.0 Å². The standard InChI is InChI=1S/C15H22N2O/c1-11-9-12(15(16)17)7-8-13(11)10-18-14-5-3-2-4-6-14/h7-9,14H,2-6,10H2,1H3,(H3,16,17). The molecule has 0 radical (unpaired) electrons. The maximum absolute atomic E-state index is 7.41. The predicted molar refractivity (Wildman–Crippen MR) is 73.9 cm³/mol. The van der Waals surface area contributed by atoms with Crippen LogP contribution in [0.15, 0.2) is 18.2 Å². The molecule has 1 aliphatic rings. The van der Waals surface area contributed by atoms with Crippen LogP contribution >= 0.6 is 0 Å². The molecule has 0 unspecified atom stereocenters. The van der Waals surface area contributed by atoms with Crippen molar-refractivity contribution in [3.05, 3.63) is 34.9 Å². The molecule has 1 aliphatic carbocycles. The van der Waals surface area contributed by atoms with E-state index in [4.69, 9.17) is 15.9 Å². The molecule has 1 aromatic rings. The first kappa shape index (κ1) is 13.1. The molecule has 98 valence electrons. The Morgan fingerprint density at radius 3 is 2.67 bits per heavy atom. The van der Waals surface area contributed by atoms with Gasteiger partial charge in [-0.1, -0.05) is 31.4 Å². The summed E-state index contributed by atoms with van der Waals surface area (Å²) >= 11 is 0. The molecule has 0 atom stereocenters. The van der Waals surface area contributed by atoms with Crippen LogP contribution in [0.5, 0.6) is 0 Å². The Bertz CT molecular complexity index is 423. The van der Waals surface area contributed by atoms with Crippen molar-refractivity contribution in [2.75, 3.05) is 0 Å². The van der Waals surface area contributed by atoms with Crippen molar-refractivity contribution < 1.29 is 4.74 Å². The molecule has 1 aromatic carbocycles. The molecule has 1 fully saturated rings. The monoisotopic (exact) mass is 246 g/mol. The van der Waals surface area contributed by atoms with Crippen LogP contribution in [0.2, 0.25) is 0 Å². The number of nitrogen functional groups attached to an aromatic ring is 1. The molecule has 0 amide bonds. The summed E-state index contributed by atoms with van der Waals surface area (Å²) in [5.41, 5.74) is 8.61. The quantitative estimate of drug-likeness (QED) is 0.633. The molecule has 18 heavy (non-hydrogen) atoms. The largest absolute Gasteiger partial charge is 0.384 e. The molecular formula is C15H22N2O. The topological polar surface area (TPSA) is 59.1 Å². The summed E-state index contributed by atoms with van der Waals surface area (Å²) in [7, 11) is 0. The molecular weight excluding hydrogens is 224 g/mol. The second kappa shape index (κ2) is 6.01. The Morgan fingerprint density at radius 2 is 2.06 bits per heavy atom. The number of rotatable bonds is 4. The van der Waals surface area contributed by atoms with E-state index in [0.717, 1.165) is 11.1 Å². The SMILES string of the molecule is Cc1cc(C(=N)N)ccc1COC1CCCCC1. The Balaban J connectivity index is 1.94. The third kappa shape index (κ3) is 3.33.